The smallest absolute Gasteiger partial charge is 0.120 e. The Morgan fingerprint density at radius 3 is 3.00 bits per heavy atom. The van der Waals surface area contributed by atoms with Gasteiger partial charge in [-0.05, 0) is 30.5 Å². The first-order valence-corrected chi connectivity index (χ1v) is 6.94. The van der Waals surface area contributed by atoms with E-state index in [1.54, 1.807) is 0 Å². The van der Waals surface area contributed by atoms with Crippen molar-refractivity contribution in [3.8, 4) is 0 Å². The van der Waals surface area contributed by atoms with Gasteiger partial charge in [0, 0.05) is 22.4 Å². The average Bonchev–Trinajstić information content (AvgIpc) is 2.27. The minimum atomic E-state index is 0.596. The molecule has 1 aromatic carbocycles. The van der Waals surface area contributed by atoms with Gasteiger partial charge in [0.05, 0.1) is 0 Å². The Morgan fingerprint density at radius 1 is 1.50 bits per heavy atom. The highest BCUT2D eigenvalue weighted by Crippen LogP contribution is 2.18. The van der Waals surface area contributed by atoms with Gasteiger partial charge in [-0.2, -0.15) is 11.8 Å². The Bertz CT molecular complexity index is 327. The third-order valence-corrected chi connectivity index (χ3v) is 3.88. The van der Waals surface area contributed by atoms with E-state index in [9.17, 15) is 4.79 Å². The minimum Gasteiger partial charge on any atom is -0.303 e. The molecule has 1 aromatic rings. The summed E-state index contributed by atoms with van der Waals surface area (Å²) < 4.78 is 0. The third kappa shape index (κ3) is 5.57. The maximum atomic E-state index is 10.2. The zero-order valence-electron chi connectivity index (χ0n) is 9.49. The molecule has 88 valence electrons. The van der Waals surface area contributed by atoms with E-state index < -0.39 is 0 Å². The molecular formula is C13H17ClOS. The molecule has 0 radical (unpaired) electrons. The molecule has 1 unspecified atom stereocenters. The molecule has 0 spiro atoms. The number of carbonyl (C=O) groups excluding carboxylic acids is 1. The van der Waals surface area contributed by atoms with Gasteiger partial charge in [-0.15, -0.1) is 0 Å². The number of hydrogen-bond donors (Lipinski definition) is 0. The van der Waals surface area contributed by atoms with Crippen molar-refractivity contribution < 1.29 is 4.79 Å². The van der Waals surface area contributed by atoms with E-state index in [-0.39, 0.29) is 0 Å². The summed E-state index contributed by atoms with van der Waals surface area (Å²) in [5.41, 5.74) is 1.29. The van der Waals surface area contributed by atoms with Crippen LogP contribution in [-0.2, 0) is 11.2 Å². The Morgan fingerprint density at radius 2 is 2.31 bits per heavy atom. The first-order chi connectivity index (χ1) is 7.72. The lowest BCUT2D eigenvalue weighted by atomic mass is 10.1. The predicted octanol–water partition coefficient (Wildman–Crippen LogP) is 3.98. The molecule has 0 N–H and O–H groups in total. The van der Waals surface area contributed by atoms with Gasteiger partial charge in [0.15, 0.2) is 0 Å². The molecular weight excluding hydrogens is 240 g/mol. The maximum Gasteiger partial charge on any atom is 0.120 e. The quantitative estimate of drug-likeness (QED) is 0.542. The van der Waals surface area contributed by atoms with Crippen LogP contribution in [0.4, 0.5) is 0 Å². The van der Waals surface area contributed by atoms with Crippen molar-refractivity contribution in [1.82, 2.24) is 0 Å². The van der Waals surface area contributed by atoms with Gasteiger partial charge in [0.2, 0.25) is 0 Å². The van der Waals surface area contributed by atoms with E-state index in [0.717, 1.165) is 29.9 Å². The minimum absolute atomic E-state index is 0.596. The van der Waals surface area contributed by atoms with Crippen molar-refractivity contribution in [2.45, 2.75) is 31.4 Å². The lowest BCUT2D eigenvalue weighted by molar-refractivity contribution is -0.107. The largest absolute Gasteiger partial charge is 0.303 e. The summed E-state index contributed by atoms with van der Waals surface area (Å²) in [6.45, 7) is 2.21. The molecule has 16 heavy (non-hydrogen) atoms. The molecule has 1 atom stereocenters. The fourth-order valence-corrected chi connectivity index (χ4v) is 2.60. The SMILES string of the molecule is CC(CCc1cccc(Cl)c1)SCCC=O. The Hall–Kier alpha value is -0.470. The summed E-state index contributed by atoms with van der Waals surface area (Å²) >= 11 is 7.78. The first-order valence-electron chi connectivity index (χ1n) is 5.52. The molecule has 0 fully saturated rings. The summed E-state index contributed by atoms with van der Waals surface area (Å²) in [4.78, 5) is 10.2. The van der Waals surface area contributed by atoms with Crippen molar-refractivity contribution in [3.63, 3.8) is 0 Å². The zero-order valence-corrected chi connectivity index (χ0v) is 11.1. The molecule has 0 saturated carbocycles. The van der Waals surface area contributed by atoms with Crippen molar-refractivity contribution in [3.05, 3.63) is 34.9 Å². The van der Waals surface area contributed by atoms with Gasteiger partial charge in [-0.1, -0.05) is 30.7 Å². The highest BCUT2D eigenvalue weighted by atomic mass is 35.5. The number of aldehydes is 1. The second kappa shape index (κ2) is 7.75. The normalized spacial score (nSPS) is 12.4. The fourth-order valence-electron chi connectivity index (χ4n) is 1.46. The van der Waals surface area contributed by atoms with Crippen LogP contribution in [-0.4, -0.2) is 17.3 Å². The van der Waals surface area contributed by atoms with Crippen LogP contribution in [0.5, 0.6) is 0 Å². The Kier molecular flexibility index (Phi) is 6.58. The topological polar surface area (TPSA) is 17.1 Å². The summed E-state index contributed by atoms with van der Waals surface area (Å²) in [7, 11) is 0. The van der Waals surface area contributed by atoms with E-state index >= 15 is 0 Å². The molecule has 0 heterocycles. The van der Waals surface area contributed by atoms with Crippen LogP contribution >= 0.6 is 23.4 Å². The number of thioether (sulfide) groups is 1. The molecule has 1 rings (SSSR count). The highest BCUT2D eigenvalue weighted by Gasteiger charge is 2.03. The summed E-state index contributed by atoms with van der Waals surface area (Å²) in [5.74, 6) is 0.931. The zero-order chi connectivity index (χ0) is 11.8. The summed E-state index contributed by atoms with van der Waals surface area (Å²) in [5, 5.41) is 1.40. The van der Waals surface area contributed by atoms with Gasteiger partial charge in [0.25, 0.3) is 0 Å². The second-order valence-corrected chi connectivity index (χ2v) is 5.79. The number of benzene rings is 1. The molecule has 0 aliphatic carbocycles. The van der Waals surface area contributed by atoms with E-state index in [2.05, 4.69) is 13.0 Å². The van der Waals surface area contributed by atoms with Gasteiger partial charge >= 0.3 is 0 Å². The van der Waals surface area contributed by atoms with Crippen molar-refractivity contribution in [2.24, 2.45) is 0 Å². The van der Waals surface area contributed by atoms with Crippen LogP contribution in [0.1, 0.15) is 25.3 Å². The maximum absolute atomic E-state index is 10.2. The van der Waals surface area contributed by atoms with Crippen molar-refractivity contribution in [1.29, 1.82) is 0 Å². The number of rotatable bonds is 7. The molecule has 0 amide bonds. The van der Waals surface area contributed by atoms with E-state index in [4.69, 9.17) is 11.6 Å². The predicted molar refractivity (Wildman–Crippen MR) is 72.4 cm³/mol. The standard InChI is InChI=1S/C13H17ClOS/c1-11(16-9-3-8-15)6-7-12-4-2-5-13(14)10-12/h2,4-5,8,10-11H,3,6-7,9H2,1H3. The molecule has 0 aromatic heterocycles. The molecule has 0 bridgehead atoms. The van der Waals surface area contributed by atoms with Crippen LogP contribution in [0.15, 0.2) is 24.3 Å². The van der Waals surface area contributed by atoms with Crippen LogP contribution in [0.25, 0.3) is 0 Å². The summed E-state index contributed by atoms with van der Waals surface area (Å²) in [6, 6.07) is 8.01. The van der Waals surface area contributed by atoms with Crippen molar-refractivity contribution in [2.75, 3.05) is 5.75 Å². The molecule has 3 heteroatoms. The lowest BCUT2D eigenvalue weighted by Gasteiger charge is -2.10. The number of halogens is 1. The lowest BCUT2D eigenvalue weighted by Crippen LogP contribution is -2.00. The van der Waals surface area contributed by atoms with Crippen molar-refractivity contribution >= 4 is 29.6 Å². The van der Waals surface area contributed by atoms with Crippen LogP contribution in [0.3, 0.4) is 0 Å². The molecule has 0 aliphatic rings. The van der Waals surface area contributed by atoms with Crippen LogP contribution in [0.2, 0.25) is 5.02 Å². The van der Waals surface area contributed by atoms with Crippen LogP contribution < -0.4 is 0 Å². The van der Waals surface area contributed by atoms with Gasteiger partial charge < -0.3 is 4.79 Å². The first kappa shape index (κ1) is 13.6. The van der Waals surface area contributed by atoms with E-state index in [1.807, 2.05) is 30.0 Å². The molecule has 0 saturated heterocycles. The monoisotopic (exact) mass is 256 g/mol. The molecule has 1 nitrogen and oxygen atoms in total. The Balaban J connectivity index is 2.25. The third-order valence-electron chi connectivity index (χ3n) is 2.37. The van der Waals surface area contributed by atoms with E-state index in [0.29, 0.717) is 11.7 Å². The number of aryl methyl sites for hydroxylation is 1. The van der Waals surface area contributed by atoms with Gasteiger partial charge in [0.1, 0.15) is 6.29 Å². The second-order valence-electron chi connectivity index (χ2n) is 3.81. The highest BCUT2D eigenvalue weighted by molar-refractivity contribution is 7.99. The fraction of sp³-hybridized carbons (Fsp3) is 0.462. The van der Waals surface area contributed by atoms with Gasteiger partial charge in [-0.3, -0.25) is 0 Å². The molecule has 0 aliphatic heterocycles. The Labute approximate surface area is 107 Å². The van der Waals surface area contributed by atoms with Crippen LogP contribution in [0, 0.1) is 0 Å². The number of carbonyl (C=O) groups is 1. The number of hydrogen-bond acceptors (Lipinski definition) is 2. The van der Waals surface area contributed by atoms with E-state index in [1.165, 1.54) is 5.56 Å². The van der Waals surface area contributed by atoms with Gasteiger partial charge in [-0.25, -0.2) is 0 Å². The summed E-state index contributed by atoms with van der Waals surface area (Å²) in [6.07, 6.45) is 3.82. The average molecular weight is 257 g/mol.